The van der Waals surface area contributed by atoms with Crippen LogP contribution in [0.15, 0.2) is 36.7 Å². The predicted molar refractivity (Wildman–Crippen MR) is 93.7 cm³/mol. The van der Waals surface area contributed by atoms with Gasteiger partial charge in [0.15, 0.2) is 9.84 Å². The van der Waals surface area contributed by atoms with Crippen molar-refractivity contribution in [3.63, 3.8) is 0 Å². The minimum absolute atomic E-state index is 0.0718. The standard InChI is InChI=1S/C16H18N4O4S/c1-24-13-4-2-3-11(7-13)20-16(21)14-8-15(18-10-17-14)19-12-5-6-25(22,23)9-12/h2-4,7-8,10,12H,5-6,9H2,1H3,(H,20,21)(H,17,18,19). The number of nitrogens with zero attached hydrogens (tertiary/aromatic N) is 2. The van der Waals surface area contributed by atoms with E-state index >= 15 is 0 Å². The number of methoxy groups -OCH3 is 1. The molecule has 1 saturated heterocycles. The molecule has 3 rings (SSSR count). The molecular weight excluding hydrogens is 344 g/mol. The highest BCUT2D eigenvalue weighted by molar-refractivity contribution is 7.91. The van der Waals surface area contributed by atoms with Crippen molar-refractivity contribution >= 4 is 27.2 Å². The molecule has 1 aliphatic rings. The van der Waals surface area contributed by atoms with Crippen molar-refractivity contribution in [2.45, 2.75) is 12.5 Å². The molecule has 132 valence electrons. The first kappa shape index (κ1) is 17.2. The summed E-state index contributed by atoms with van der Waals surface area (Å²) in [6.45, 7) is 0. The lowest BCUT2D eigenvalue weighted by Crippen LogP contribution is -2.22. The quantitative estimate of drug-likeness (QED) is 0.826. The first-order chi connectivity index (χ1) is 11.9. The van der Waals surface area contributed by atoms with Gasteiger partial charge in [-0.2, -0.15) is 0 Å². The van der Waals surface area contributed by atoms with E-state index in [-0.39, 0.29) is 23.2 Å². The molecule has 0 spiro atoms. The minimum Gasteiger partial charge on any atom is -0.497 e. The third-order valence-corrected chi connectivity index (χ3v) is 5.58. The van der Waals surface area contributed by atoms with Gasteiger partial charge in [0, 0.05) is 23.9 Å². The van der Waals surface area contributed by atoms with Gasteiger partial charge in [-0.3, -0.25) is 4.79 Å². The third-order valence-electron chi connectivity index (χ3n) is 3.81. The van der Waals surface area contributed by atoms with Gasteiger partial charge in [-0.1, -0.05) is 6.07 Å². The van der Waals surface area contributed by atoms with E-state index in [1.54, 1.807) is 31.4 Å². The number of benzene rings is 1. The largest absolute Gasteiger partial charge is 0.497 e. The summed E-state index contributed by atoms with van der Waals surface area (Å²) in [6.07, 6.45) is 1.80. The fourth-order valence-corrected chi connectivity index (χ4v) is 4.25. The second-order valence-corrected chi connectivity index (χ2v) is 7.95. The Morgan fingerprint density at radius 1 is 1.28 bits per heavy atom. The molecule has 25 heavy (non-hydrogen) atoms. The lowest BCUT2D eigenvalue weighted by atomic mass is 10.2. The highest BCUT2D eigenvalue weighted by Crippen LogP contribution is 2.19. The van der Waals surface area contributed by atoms with Crippen LogP contribution in [0.5, 0.6) is 5.75 Å². The second-order valence-electron chi connectivity index (χ2n) is 5.72. The number of hydrogen-bond donors (Lipinski definition) is 2. The van der Waals surface area contributed by atoms with E-state index in [9.17, 15) is 13.2 Å². The number of sulfone groups is 1. The molecule has 9 heteroatoms. The van der Waals surface area contributed by atoms with Gasteiger partial charge in [0.25, 0.3) is 5.91 Å². The molecule has 1 atom stereocenters. The maximum Gasteiger partial charge on any atom is 0.274 e. The number of nitrogens with one attached hydrogen (secondary N) is 2. The monoisotopic (exact) mass is 362 g/mol. The fraction of sp³-hybridized carbons (Fsp3) is 0.312. The molecule has 1 aromatic heterocycles. The topological polar surface area (TPSA) is 110 Å². The lowest BCUT2D eigenvalue weighted by molar-refractivity contribution is 0.102. The van der Waals surface area contributed by atoms with E-state index in [1.807, 2.05) is 0 Å². The molecule has 0 saturated carbocycles. The summed E-state index contributed by atoms with van der Waals surface area (Å²) >= 11 is 0. The van der Waals surface area contributed by atoms with E-state index in [4.69, 9.17) is 4.74 Å². The molecule has 1 amide bonds. The summed E-state index contributed by atoms with van der Waals surface area (Å²) in [5.74, 6) is 0.900. The molecule has 0 bridgehead atoms. The maximum absolute atomic E-state index is 12.3. The number of amides is 1. The number of carbonyl (C=O) groups is 1. The normalized spacial score (nSPS) is 18.5. The Morgan fingerprint density at radius 2 is 2.12 bits per heavy atom. The van der Waals surface area contributed by atoms with Crippen molar-refractivity contribution in [2.75, 3.05) is 29.2 Å². The molecule has 1 unspecified atom stereocenters. The van der Waals surface area contributed by atoms with E-state index in [2.05, 4.69) is 20.6 Å². The number of hydrogen-bond acceptors (Lipinski definition) is 7. The zero-order chi connectivity index (χ0) is 17.9. The summed E-state index contributed by atoms with van der Waals surface area (Å²) in [4.78, 5) is 20.4. The van der Waals surface area contributed by atoms with Crippen molar-refractivity contribution < 1.29 is 17.9 Å². The van der Waals surface area contributed by atoms with Gasteiger partial charge in [-0.15, -0.1) is 0 Å². The van der Waals surface area contributed by atoms with Gasteiger partial charge in [-0.05, 0) is 18.6 Å². The van der Waals surface area contributed by atoms with E-state index in [0.29, 0.717) is 23.7 Å². The maximum atomic E-state index is 12.3. The van der Waals surface area contributed by atoms with Gasteiger partial charge in [0.1, 0.15) is 23.6 Å². The van der Waals surface area contributed by atoms with Crippen molar-refractivity contribution in [1.29, 1.82) is 0 Å². The van der Waals surface area contributed by atoms with Crippen LogP contribution in [0.25, 0.3) is 0 Å². The first-order valence-corrected chi connectivity index (χ1v) is 9.52. The smallest absolute Gasteiger partial charge is 0.274 e. The van der Waals surface area contributed by atoms with Crippen LogP contribution in [0.2, 0.25) is 0 Å². The van der Waals surface area contributed by atoms with Crippen LogP contribution >= 0.6 is 0 Å². The molecule has 1 aliphatic heterocycles. The SMILES string of the molecule is COc1cccc(NC(=O)c2cc(NC3CCS(=O)(=O)C3)ncn2)c1. The summed E-state index contributed by atoms with van der Waals surface area (Å²) in [5.41, 5.74) is 0.764. The van der Waals surface area contributed by atoms with E-state index in [1.165, 1.54) is 12.4 Å². The van der Waals surface area contributed by atoms with Crippen molar-refractivity contribution in [2.24, 2.45) is 0 Å². The van der Waals surface area contributed by atoms with Gasteiger partial charge >= 0.3 is 0 Å². The second kappa shape index (κ2) is 7.06. The average Bonchev–Trinajstić information content (AvgIpc) is 2.93. The van der Waals surface area contributed by atoms with Crippen LogP contribution in [-0.4, -0.2) is 49.0 Å². The van der Waals surface area contributed by atoms with Gasteiger partial charge < -0.3 is 15.4 Å². The van der Waals surface area contributed by atoms with Gasteiger partial charge in [-0.25, -0.2) is 18.4 Å². The Balaban J connectivity index is 1.69. The number of ether oxygens (including phenoxy) is 1. The Kier molecular flexibility index (Phi) is 4.84. The lowest BCUT2D eigenvalue weighted by Gasteiger charge is -2.12. The van der Waals surface area contributed by atoms with Gasteiger partial charge in [0.2, 0.25) is 0 Å². The Labute approximate surface area is 145 Å². The van der Waals surface area contributed by atoms with E-state index in [0.717, 1.165) is 0 Å². The first-order valence-electron chi connectivity index (χ1n) is 7.69. The summed E-state index contributed by atoms with van der Waals surface area (Å²) in [7, 11) is -1.44. The van der Waals surface area contributed by atoms with E-state index < -0.39 is 15.7 Å². The van der Waals surface area contributed by atoms with Gasteiger partial charge in [0.05, 0.1) is 18.6 Å². The van der Waals surface area contributed by atoms with Crippen molar-refractivity contribution in [3.8, 4) is 5.75 Å². The minimum atomic E-state index is -2.99. The Bertz CT molecular complexity index is 885. The van der Waals surface area contributed by atoms with Crippen LogP contribution < -0.4 is 15.4 Å². The highest BCUT2D eigenvalue weighted by atomic mass is 32.2. The predicted octanol–water partition coefficient (Wildman–Crippen LogP) is 1.34. The highest BCUT2D eigenvalue weighted by Gasteiger charge is 2.28. The fourth-order valence-electron chi connectivity index (χ4n) is 2.57. The molecule has 2 heterocycles. The van der Waals surface area contributed by atoms with Crippen LogP contribution in [0.3, 0.4) is 0 Å². The zero-order valence-electron chi connectivity index (χ0n) is 13.6. The summed E-state index contributed by atoms with van der Waals surface area (Å²) in [5, 5.41) is 5.78. The van der Waals surface area contributed by atoms with Crippen molar-refractivity contribution in [1.82, 2.24) is 9.97 Å². The van der Waals surface area contributed by atoms with Crippen LogP contribution in [0, 0.1) is 0 Å². The zero-order valence-corrected chi connectivity index (χ0v) is 14.4. The number of aromatic nitrogens is 2. The number of rotatable bonds is 5. The molecule has 0 radical (unpaired) electrons. The number of carbonyl (C=O) groups excluding carboxylic acids is 1. The third kappa shape index (κ3) is 4.44. The molecule has 2 aromatic rings. The molecule has 1 aromatic carbocycles. The molecular formula is C16H18N4O4S. The molecule has 0 aliphatic carbocycles. The van der Waals surface area contributed by atoms with Crippen LogP contribution in [0.1, 0.15) is 16.9 Å². The summed E-state index contributed by atoms with van der Waals surface area (Å²) in [6, 6.07) is 8.28. The molecule has 8 nitrogen and oxygen atoms in total. The van der Waals surface area contributed by atoms with Crippen LogP contribution in [-0.2, 0) is 9.84 Å². The van der Waals surface area contributed by atoms with Crippen molar-refractivity contribution in [3.05, 3.63) is 42.4 Å². The summed E-state index contributed by atoms with van der Waals surface area (Å²) < 4.78 is 28.1. The Morgan fingerprint density at radius 3 is 2.84 bits per heavy atom. The van der Waals surface area contributed by atoms with Crippen LogP contribution in [0.4, 0.5) is 11.5 Å². The number of anilines is 2. The Hall–Kier alpha value is -2.68. The average molecular weight is 362 g/mol. The molecule has 1 fully saturated rings. The molecule has 2 N–H and O–H groups in total.